The molecule has 1 aromatic carbocycles. The first-order valence-corrected chi connectivity index (χ1v) is 12.3. The molecular weight excluding hydrogens is 422 g/mol. The van der Waals surface area contributed by atoms with Gasteiger partial charge in [0.15, 0.2) is 0 Å². The number of benzene rings is 1. The van der Waals surface area contributed by atoms with E-state index in [9.17, 15) is 4.79 Å². The minimum absolute atomic E-state index is 0.134. The summed E-state index contributed by atoms with van der Waals surface area (Å²) in [6.45, 7) is 26.1. The second-order valence-electron chi connectivity index (χ2n) is 9.66. The van der Waals surface area contributed by atoms with E-state index in [1.807, 2.05) is 31.7 Å². The minimum Gasteiger partial charge on any atom is -0.372 e. The van der Waals surface area contributed by atoms with Crippen molar-refractivity contribution in [3.05, 3.63) is 71.2 Å². The van der Waals surface area contributed by atoms with Crippen LogP contribution in [0.3, 0.4) is 0 Å². The first-order chi connectivity index (χ1) is 16.2. The first-order valence-electron chi connectivity index (χ1n) is 12.3. The quantitative estimate of drug-likeness (QED) is 0.449. The highest BCUT2D eigenvalue weighted by molar-refractivity contribution is 5.96. The SMILES string of the molecule is C=C/C=C(\C)N1CCN(Cc2cc(C(=O)N3CCN(C(=C)N=C(C)C)CC3)c(C)cc2C)CC1. The number of aryl methyl sites for hydroxylation is 2. The molecule has 2 aliphatic heterocycles. The summed E-state index contributed by atoms with van der Waals surface area (Å²) in [5, 5.41) is 0. The molecule has 6 heteroatoms. The summed E-state index contributed by atoms with van der Waals surface area (Å²) in [6.07, 6.45) is 3.93. The predicted octanol–water partition coefficient (Wildman–Crippen LogP) is 4.22. The van der Waals surface area contributed by atoms with Crippen molar-refractivity contribution in [2.45, 2.75) is 41.2 Å². The number of amides is 1. The first kappa shape index (κ1) is 25.8. The fourth-order valence-corrected chi connectivity index (χ4v) is 4.74. The van der Waals surface area contributed by atoms with Gasteiger partial charge in [0.2, 0.25) is 0 Å². The molecule has 1 amide bonds. The monoisotopic (exact) mass is 463 g/mol. The maximum absolute atomic E-state index is 13.4. The van der Waals surface area contributed by atoms with Crippen molar-refractivity contribution < 1.29 is 4.79 Å². The maximum atomic E-state index is 13.4. The Morgan fingerprint density at radius 1 is 0.912 bits per heavy atom. The van der Waals surface area contributed by atoms with Gasteiger partial charge in [-0.15, -0.1) is 0 Å². The smallest absolute Gasteiger partial charge is 0.254 e. The van der Waals surface area contributed by atoms with Gasteiger partial charge in [0.05, 0.1) is 0 Å². The van der Waals surface area contributed by atoms with Crippen LogP contribution in [0.25, 0.3) is 0 Å². The summed E-state index contributed by atoms with van der Waals surface area (Å²) in [5.74, 6) is 0.922. The normalized spacial score (nSPS) is 17.6. The van der Waals surface area contributed by atoms with Gasteiger partial charge < -0.3 is 14.7 Å². The lowest BCUT2D eigenvalue weighted by Crippen LogP contribution is -2.48. The van der Waals surface area contributed by atoms with Gasteiger partial charge >= 0.3 is 0 Å². The summed E-state index contributed by atoms with van der Waals surface area (Å²) in [5.41, 5.74) is 6.66. The molecule has 0 N–H and O–H groups in total. The van der Waals surface area contributed by atoms with Crippen LogP contribution in [0, 0.1) is 13.8 Å². The van der Waals surface area contributed by atoms with Crippen molar-refractivity contribution >= 4 is 11.6 Å². The van der Waals surface area contributed by atoms with Crippen LogP contribution >= 0.6 is 0 Å². The Morgan fingerprint density at radius 3 is 2.09 bits per heavy atom. The minimum atomic E-state index is 0.134. The van der Waals surface area contributed by atoms with E-state index in [1.54, 1.807) is 0 Å². The Morgan fingerprint density at radius 2 is 1.50 bits per heavy atom. The van der Waals surface area contributed by atoms with Gasteiger partial charge in [0, 0.05) is 75.9 Å². The number of allylic oxidation sites excluding steroid dienone is 3. The van der Waals surface area contributed by atoms with E-state index in [0.717, 1.165) is 68.5 Å². The zero-order valence-electron chi connectivity index (χ0n) is 21.7. The lowest BCUT2D eigenvalue weighted by Gasteiger charge is -2.37. The summed E-state index contributed by atoms with van der Waals surface area (Å²) in [4.78, 5) is 26.9. The van der Waals surface area contributed by atoms with E-state index in [1.165, 1.54) is 16.8 Å². The van der Waals surface area contributed by atoms with Crippen LogP contribution < -0.4 is 0 Å². The van der Waals surface area contributed by atoms with E-state index in [4.69, 9.17) is 0 Å². The molecule has 2 heterocycles. The van der Waals surface area contributed by atoms with E-state index in [2.05, 4.69) is 64.9 Å². The zero-order valence-corrected chi connectivity index (χ0v) is 21.7. The molecule has 34 heavy (non-hydrogen) atoms. The fraction of sp³-hybridized carbons (Fsp3) is 0.500. The summed E-state index contributed by atoms with van der Waals surface area (Å²) in [7, 11) is 0. The third-order valence-corrected chi connectivity index (χ3v) is 6.82. The highest BCUT2D eigenvalue weighted by Gasteiger charge is 2.25. The van der Waals surface area contributed by atoms with E-state index >= 15 is 0 Å². The highest BCUT2D eigenvalue weighted by Crippen LogP contribution is 2.22. The van der Waals surface area contributed by atoms with Crippen molar-refractivity contribution in [3.63, 3.8) is 0 Å². The lowest BCUT2D eigenvalue weighted by atomic mass is 9.98. The molecule has 2 saturated heterocycles. The average Bonchev–Trinajstić information content (AvgIpc) is 2.80. The second kappa shape index (κ2) is 11.5. The molecule has 0 radical (unpaired) electrons. The highest BCUT2D eigenvalue weighted by atomic mass is 16.2. The molecular formula is C28H41N5O. The van der Waals surface area contributed by atoms with Crippen LogP contribution in [0.4, 0.5) is 0 Å². The van der Waals surface area contributed by atoms with Gasteiger partial charge in [-0.2, -0.15) is 0 Å². The number of piperazine rings is 2. The van der Waals surface area contributed by atoms with Crippen molar-refractivity contribution in [2.24, 2.45) is 4.99 Å². The second-order valence-corrected chi connectivity index (χ2v) is 9.66. The molecule has 0 saturated carbocycles. The lowest BCUT2D eigenvalue weighted by molar-refractivity contribution is 0.0668. The van der Waals surface area contributed by atoms with E-state index < -0.39 is 0 Å². The fourth-order valence-electron chi connectivity index (χ4n) is 4.74. The summed E-state index contributed by atoms with van der Waals surface area (Å²) < 4.78 is 0. The standard InChI is InChI=1S/C28H41N5O/c1-8-9-24(6)31-12-10-30(11-13-31)20-26-19-27(23(5)18-22(26)4)28(34)33-16-14-32(15-17-33)25(7)29-21(2)3/h8-9,18-19H,1,7,10-17,20H2,2-6H3/b24-9+. The molecule has 0 aromatic heterocycles. The third kappa shape index (κ3) is 6.38. The molecule has 3 rings (SSSR count). The molecule has 0 unspecified atom stereocenters. The number of carbonyl (C=O) groups excluding carboxylic acids is 1. The van der Waals surface area contributed by atoms with Gasteiger partial charge in [0.1, 0.15) is 5.82 Å². The average molecular weight is 464 g/mol. The van der Waals surface area contributed by atoms with Gasteiger partial charge in [-0.1, -0.05) is 25.3 Å². The Balaban J connectivity index is 1.64. The van der Waals surface area contributed by atoms with Crippen LogP contribution in [0.15, 0.2) is 54.0 Å². The van der Waals surface area contributed by atoms with Crippen molar-refractivity contribution in [1.29, 1.82) is 0 Å². The maximum Gasteiger partial charge on any atom is 0.254 e. The summed E-state index contributed by atoms with van der Waals surface area (Å²) >= 11 is 0. The molecule has 2 aliphatic rings. The van der Waals surface area contributed by atoms with Gasteiger partial charge in [-0.3, -0.25) is 9.69 Å². The van der Waals surface area contributed by atoms with Gasteiger partial charge in [0.25, 0.3) is 5.91 Å². The number of carbonyl (C=O) groups is 1. The van der Waals surface area contributed by atoms with Crippen LogP contribution in [-0.2, 0) is 6.54 Å². The number of hydrogen-bond donors (Lipinski definition) is 0. The third-order valence-electron chi connectivity index (χ3n) is 6.82. The van der Waals surface area contributed by atoms with E-state index in [0.29, 0.717) is 13.1 Å². The van der Waals surface area contributed by atoms with Crippen LogP contribution in [0.5, 0.6) is 0 Å². The Bertz CT molecular complexity index is 973. The Labute approximate surface area is 205 Å². The van der Waals surface area contributed by atoms with Gasteiger partial charge in [-0.25, -0.2) is 4.99 Å². The molecule has 0 atom stereocenters. The van der Waals surface area contributed by atoms with Crippen LogP contribution in [-0.4, -0.2) is 83.6 Å². The zero-order chi connectivity index (χ0) is 24.8. The number of rotatable bonds is 7. The molecule has 1 aromatic rings. The summed E-state index contributed by atoms with van der Waals surface area (Å²) in [6, 6.07) is 4.31. The predicted molar refractivity (Wildman–Crippen MR) is 142 cm³/mol. The van der Waals surface area contributed by atoms with Crippen molar-refractivity contribution in [1.82, 2.24) is 19.6 Å². The molecule has 0 bridgehead atoms. The number of hydrogen-bond acceptors (Lipinski definition) is 5. The molecule has 6 nitrogen and oxygen atoms in total. The van der Waals surface area contributed by atoms with Gasteiger partial charge in [-0.05, 0) is 63.5 Å². The molecule has 184 valence electrons. The van der Waals surface area contributed by atoms with Crippen LogP contribution in [0.1, 0.15) is 47.8 Å². The Kier molecular flexibility index (Phi) is 8.72. The largest absolute Gasteiger partial charge is 0.372 e. The molecule has 2 fully saturated rings. The molecule has 0 aliphatic carbocycles. The Hall–Kier alpha value is -2.86. The van der Waals surface area contributed by atoms with Crippen LogP contribution in [0.2, 0.25) is 0 Å². The number of nitrogens with zero attached hydrogens (tertiary/aromatic N) is 5. The van der Waals surface area contributed by atoms with Crippen molar-refractivity contribution in [3.8, 4) is 0 Å². The van der Waals surface area contributed by atoms with Crippen molar-refractivity contribution in [2.75, 3.05) is 52.4 Å². The topological polar surface area (TPSA) is 42.4 Å². The number of aliphatic imine (C=N–C) groups is 1. The molecule has 0 spiro atoms. The van der Waals surface area contributed by atoms with E-state index in [-0.39, 0.29) is 5.91 Å².